The number of rotatable bonds is 3. The molecule has 82 valence electrons. The predicted octanol–water partition coefficient (Wildman–Crippen LogP) is 2.25. The van der Waals surface area contributed by atoms with Gasteiger partial charge in [-0.25, -0.2) is 0 Å². The van der Waals surface area contributed by atoms with Crippen LogP contribution in [0.3, 0.4) is 0 Å². The summed E-state index contributed by atoms with van der Waals surface area (Å²) in [6, 6.07) is 11.8. The van der Waals surface area contributed by atoms with Gasteiger partial charge in [-0.05, 0) is 18.9 Å². The molecule has 2 rings (SSSR count). The average Bonchev–Trinajstić information content (AvgIpc) is 3.06. The number of hydrogen-bond acceptors (Lipinski definition) is 3. The minimum absolute atomic E-state index is 0.00208. The number of esters is 1. The third-order valence-corrected chi connectivity index (χ3v) is 3.00. The summed E-state index contributed by atoms with van der Waals surface area (Å²) in [6.45, 7) is 2.08. The van der Waals surface area contributed by atoms with Crippen LogP contribution in [0.25, 0.3) is 0 Å². The molecule has 0 aromatic heterocycles. The zero-order valence-corrected chi connectivity index (χ0v) is 9.14. The number of ether oxygens (including phenoxy) is 1. The lowest BCUT2D eigenvalue weighted by atomic mass is 10.0. The summed E-state index contributed by atoms with van der Waals surface area (Å²) in [5.74, 6) is -0.385. The Morgan fingerprint density at radius 3 is 2.81 bits per heavy atom. The van der Waals surface area contributed by atoms with Crippen LogP contribution in [0, 0.1) is 16.7 Å². The van der Waals surface area contributed by atoms with Crippen LogP contribution < -0.4 is 0 Å². The van der Waals surface area contributed by atoms with Gasteiger partial charge in [0.05, 0.1) is 12.7 Å². The van der Waals surface area contributed by atoms with Crippen molar-refractivity contribution in [1.29, 1.82) is 5.26 Å². The van der Waals surface area contributed by atoms with Crippen molar-refractivity contribution >= 4 is 5.97 Å². The van der Waals surface area contributed by atoms with Gasteiger partial charge in [-0.3, -0.25) is 4.79 Å². The Bertz CT molecular complexity index is 435. The lowest BCUT2D eigenvalue weighted by molar-refractivity contribution is -0.147. The maximum Gasteiger partial charge on any atom is 0.327 e. The van der Waals surface area contributed by atoms with E-state index in [0.29, 0.717) is 13.0 Å². The lowest BCUT2D eigenvalue weighted by Crippen LogP contribution is -2.19. The molecule has 1 aromatic carbocycles. The summed E-state index contributed by atoms with van der Waals surface area (Å²) < 4.78 is 4.95. The summed E-state index contributed by atoms with van der Waals surface area (Å²) in [7, 11) is 0. The molecule has 1 aliphatic rings. The molecule has 1 saturated carbocycles. The molecule has 0 spiro atoms. The molecule has 2 atom stereocenters. The van der Waals surface area contributed by atoms with Gasteiger partial charge >= 0.3 is 5.97 Å². The molecule has 0 saturated heterocycles. The predicted molar refractivity (Wildman–Crippen MR) is 58.5 cm³/mol. The molecule has 1 aliphatic carbocycles. The van der Waals surface area contributed by atoms with E-state index in [4.69, 9.17) is 10.00 Å². The second-order valence-electron chi connectivity index (χ2n) is 3.97. The van der Waals surface area contributed by atoms with Crippen molar-refractivity contribution in [2.75, 3.05) is 6.61 Å². The number of carbonyl (C=O) groups excluding carboxylic acids is 1. The highest BCUT2D eigenvalue weighted by molar-refractivity contribution is 5.85. The Morgan fingerprint density at radius 1 is 1.56 bits per heavy atom. The number of hydrogen-bond donors (Lipinski definition) is 0. The molecule has 0 bridgehead atoms. The summed E-state index contributed by atoms with van der Waals surface area (Å²) in [5, 5.41) is 9.13. The highest BCUT2D eigenvalue weighted by Gasteiger charge is 2.62. The Morgan fingerprint density at radius 2 is 2.25 bits per heavy atom. The zero-order valence-electron chi connectivity index (χ0n) is 9.14. The van der Waals surface area contributed by atoms with Crippen LogP contribution >= 0.6 is 0 Å². The summed E-state index contributed by atoms with van der Waals surface area (Å²) in [5.41, 5.74) is 0.106. The van der Waals surface area contributed by atoms with Crippen LogP contribution in [-0.2, 0) is 9.53 Å². The molecule has 0 unspecified atom stereocenters. The van der Waals surface area contributed by atoms with Crippen LogP contribution in [0.4, 0.5) is 0 Å². The Kier molecular flexibility index (Phi) is 2.66. The van der Waals surface area contributed by atoms with E-state index < -0.39 is 5.41 Å². The molecule has 0 heterocycles. The van der Waals surface area contributed by atoms with Gasteiger partial charge in [0.1, 0.15) is 0 Å². The van der Waals surface area contributed by atoms with Crippen molar-refractivity contribution in [2.24, 2.45) is 5.41 Å². The fourth-order valence-corrected chi connectivity index (χ4v) is 2.01. The van der Waals surface area contributed by atoms with Gasteiger partial charge in [0.25, 0.3) is 0 Å². The maximum atomic E-state index is 11.7. The van der Waals surface area contributed by atoms with Crippen molar-refractivity contribution in [3.63, 3.8) is 0 Å². The van der Waals surface area contributed by atoms with E-state index in [1.165, 1.54) is 0 Å². The Hall–Kier alpha value is -1.82. The molecular weight excluding hydrogens is 202 g/mol. The Balaban J connectivity index is 2.19. The van der Waals surface area contributed by atoms with Gasteiger partial charge in [0.15, 0.2) is 5.41 Å². The van der Waals surface area contributed by atoms with Crippen LogP contribution in [-0.4, -0.2) is 12.6 Å². The van der Waals surface area contributed by atoms with E-state index >= 15 is 0 Å². The van der Waals surface area contributed by atoms with E-state index in [9.17, 15) is 4.79 Å². The van der Waals surface area contributed by atoms with Crippen molar-refractivity contribution in [3.8, 4) is 6.07 Å². The molecular formula is C13H13NO2. The van der Waals surface area contributed by atoms with Crippen LogP contribution in [0.1, 0.15) is 24.8 Å². The fourth-order valence-electron chi connectivity index (χ4n) is 2.01. The first kappa shape index (κ1) is 10.7. The molecule has 1 aromatic rings. The monoisotopic (exact) mass is 215 g/mol. The number of nitriles is 1. The van der Waals surface area contributed by atoms with E-state index in [0.717, 1.165) is 5.56 Å². The second kappa shape index (κ2) is 3.97. The standard InChI is InChI=1S/C13H13NO2/c1-2-16-12(15)13(9-14)8-11(13)10-6-4-3-5-7-10/h3-7,11H,2,8H2,1H3/t11-,13-/m0/s1. The number of carbonyl (C=O) groups is 1. The Labute approximate surface area is 94.6 Å². The molecule has 0 amide bonds. The maximum absolute atomic E-state index is 11.7. The van der Waals surface area contributed by atoms with E-state index in [1.807, 2.05) is 30.3 Å². The smallest absolute Gasteiger partial charge is 0.327 e. The molecule has 1 fully saturated rings. The van der Waals surface area contributed by atoms with Crippen LogP contribution in [0.5, 0.6) is 0 Å². The molecule has 0 radical (unpaired) electrons. The van der Waals surface area contributed by atoms with E-state index in [-0.39, 0.29) is 11.9 Å². The fraction of sp³-hybridized carbons (Fsp3) is 0.385. The molecule has 0 N–H and O–H groups in total. The van der Waals surface area contributed by atoms with Crippen molar-refractivity contribution in [2.45, 2.75) is 19.3 Å². The minimum Gasteiger partial charge on any atom is -0.465 e. The van der Waals surface area contributed by atoms with Crippen LogP contribution in [0.2, 0.25) is 0 Å². The van der Waals surface area contributed by atoms with E-state index in [2.05, 4.69) is 6.07 Å². The highest BCUT2D eigenvalue weighted by atomic mass is 16.5. The molecule has 3 nitrogen and oxygen atoms in total. The molecule has 16 heavy (non-hydrogen) atoms. The average molecular weight is 215 g/mol. The van der Waals surface area contributed by atoms with Crippen molar-refractivity contribution in [1.82, 2.24) is 0 Å². The van der Waals surface area contributed by atoms with Crippen molar-refractivity contribution in [3.05, 3.63) is 35.9 Å². The third kappa shape index (κ3) is 1.57. The van der Waals surface area contributed by atoms with Gasteiger partial charge in [0, 0.05) is 5.92 Å². The van der Waals surface area contributed by atoms with Gasteiger partial charge < -0.3 is 4.74 Å². The first-order chi connectivity index (χ1) is 7.74. The van der Waals surface area contributed by atoms with Gasteiger partial charge in [0.2, 0.25) is 0 Å². The summed E-state index contributed by atoms with van der Waals surface area (Å²) in [4.78, 5) is 11.7. The van der Waals surface area contributed by atoms with Crippen LogP contribution in [0.15, 0.2) is 30.3 Å². The number of benzene rings is 1. The highest BCUT2D eigenvalue weighted by Crippen LogP contribution is 2.59. The van der Waals surface area contributed by atoms with Crippen molar-refractivity contribution < 1.29 is 9.53 Å². The topological polar surface area (TPSA) is 50.1 Å². The third-order valence-electron chi connectivity index (χ3n) is 3.00. The first-order valence-corrected chi connectivity index (χ1v) is 5.38. The van der Waals surface area contributed by atoms with Gasteiger partial charge in [-0.1, -0.05) is 30.3 Å². The normalized spacial score (nSPS) is 26.9. The lowest BCUT2D eigenvalue weighted by Gasteiger charge is -2.07. The van der Waals surface area contributed by atoms with E-state index in [1.54, 1.807) is 6.92 Å². The number of nitrogens with zero attached hydrogens (tertiary/aromatic N) is 1. The summed E-state index contributed by atoms with van der Waals surface area (Å²) >= 11 is 0. The second-order valence-corrected chi connectivity index (χ2v) is 3.97. The zero-order chi connectivity index (χ0) is 11.6. The SMILES string of the molecule is CCOC(=O)[C@]1(C#N)C[C@H]1c1ccccc1. The van der Waals surface area contributed by atoms with Gasteiger partial charge in [-0.15, -0.1) is 0 Å². The quantitative estimate of drug-likeness (QED) is 0.726. The van der Waals surface area contributed by atoms with Gasteiger partial charge in [-0.2, -0.15) is 5.26 Å². The molecule has 0 aliphatic heterocycles. The summed E-state index contributed by atoms with van der Waals surface area (Å²) in [6.07, 6.45) is 0.576. The largest absolute Gasteiger partial charge is 0.465 e. The minimum atomic E-state index is -0.933. The molecule has 3 heteroatoms. The first-order valence-electron chi connectivity index (χ1n) is 5.38.